The molecule has 1 saturated carbocycles. The smallest absolute Gasteiger partial charge is 0.338 e. The third-order valence-electron chi connectivity index (χ3n) is 4.55. The van der Waals surface area contributed by atoms with Gasteiger partial charge in [-0.05, 0) is 43.1 Å². The second-order valence-corrected chi connectivity index (χ2v) is 6.39. The normalized spacial score (nSPS) is 25.6. The molecule has 2 N–H and O–H groups in total. The molecular weight excluding hydrogens is 270 g/mol. The fourth-order valence-corrected chi connectivity index (χ4v) is 3.89. The summed E-state index contributed by atoms with van der Waals surface area (Å²) in [5.74, 6) is 0.499. The summed E-state index contributed by atoms with van der Waals surface area (Å²) in [4.78, 5) is 12.3. The Morgan fingerprint density at radius 3 is 2.75 bits per heavy atom. The van der Waals surface area contributed by atoms with Crippen LogP contribution in [0, 0.1) is 11.8 Å². The highest BCUT2D eigenvalue weighted by Crippen LogP contribution is 2.37. The molecule has 1 aromatic carbocycles. The van der Waals surface area contributed by atoms with E-state index in [9.17, 15) is 9.90 Å². The molecule has 2 rings (SSSR count). The lowest BCUT2D eigenvalue weighted by Gasteiger charge is -2.23. The van der Waals surface area contributed by atoms with Gasteiger partial charge in [0.1, 0.15) is 0 Å². The Kier molecular flexibility index (Phi) is 4.97. The number of anilines is 1. The minimum Gasteiger partial charge on any atom is -0.478 e. The average molecular weight is 293 g/mol. The molecule has 3 nitrogen and oxygen atoms in total. The fraction of sp³-hybridized carbons (Fsp3) is 0.562. The molecule has 0 aliphatic heterocycles. The molecule has 0 amide bonds. The van der Waals surface area contributed by atoms with Gasteiger partial charge in [-0.15, -0.1) is 11.8 Å². The predicted molar refractivity (Wildman–Crippen MR) is 84.8 cm³/mol. The summed E-state index contributed by atoms with van der Waals surface area (Å²) in [6.07, 6.45) is 5.48. The van der Waals surface area contributed by atoms with Crippen LogP contribution < -0.4 is 5.32 Å². The van der Waals surface area contributed by atoms with Crippen molar-refractivity contribution in [2.75, 3.05) is 11.6 Å². The Morgan fingerprint density at radius 2 is 2.20 bits per heavy atom. The minimum atomic E-state index is -0.852. The Morgan fingerprint density at radius 1 is 1.45 bits per heavy atom. The number of hydrogen-bond donors (Lipinski definition) is 2. The number of nitrogens with one attached hydrogen (secondary N) is 1. The fourth-order valence-electron chi connectivity index (χ4n) is 3.27. The van der Waals surface area contributed by atoms with Gasteiger partial charge in [-0.3, -0.25) is 0 Å². The number of aromatic carboxylic acids is 1. The van der Waals surface area contributed by atoms with E-state index in [0.717, 1.165) is 22.9 Å². The summed E-state index contributed by atoms with van der Waals surface area (Å²) in [5, 5.41) is 12.9. The lowest BCUT2D eigenvalue weighted by molar-refractivity contribution is 0.0694. The molecule has 110 valence electrons. The molecule has 3 atom stereocenters. The SMILES string of the molecule is CCC1CCC(Nc2cccc(SC)c2C(=O)O)C1C. The predicted octanol–water partition coefficient (Wildman–Crippen LogP) is 4.34. The number of thioether (sulfide) groups is 1. The standard InChI is InChI=1S/C16H23NO2S/c1-4-11-8-9-12(10(11)2)17-13-6-5-7-14(20-3)15(13)16(18)19/h5-7,10-12,17H,4,8-9H2,1-3H3,(H,18,19). The second kappa shape index (κ2) is 6.53. The third kappa shape index (κ3) is 2.95. The molecule has 0 saturated heterocycles. The van der Waals surface area contributed by atoms with Crippen molar-refractivity contribution < 1.29 is 9.90 Å². The molecule has 20 heavy (non-hydrogen) atoms. The van der Waals surface area contributed by atoms with Gasteiger partial charge in [0, 0.05) is 10.9 Å². The molecule has 3 unspecified atom stereocenters. The summed E-state index contributed by atoms with van der Waals surface area (Å²) in [7, 11) is 0. The van der Waals surface area contributed by atoms with E-state index < -0.39 is 5.97 Å². The highest BCUT2D eigenvalue weighted by atomic mass is 32.2. The topological polar surface area (TPSA) is 49.3 Å². The highest BCUT2D eigenvalue weighted by molar-refractivity contribution is 7.98. The monoisotopic (exact) mass is 293 g/mol. The van der Waals surface area contributed by atoms with Gasteiger partial charge in [0.05, 0.1) is 11.3 Å². The van der Waals surface area contributed by atoms with Gasteiger partial charge in [-0.2, -0.15) is 0 Å². The number of carboxylic acid groups (broad SMARTS) is 1. The Labute approximate surface area is 125 Å². The van der Waals surface area contributed by atoms with Crippen LogP contribution >= 0.6 is 11.8 Å². The maximum atomic E-state index is 11.5. The van der Waals surface area contributed by atoms with Gasteiger partial charge in [-0.1, -0.05) is 26.3 Å². The molecule has 1 fully saturated rings. The minimum absolute atomic E-state index is 0.384. The van der Waals surface area contributed by atoms with Crippen LogP contribution in [0.1, 0.15) is 43.5 Å². The van der Waals surface area contributed by atoms with Crippen LogP contribution in [0.25, 0.3) is 0 Å². The van der Waals surface area contributed by atoms with Crippen LogP contribution in [0.2, 0.25) is 0 Å². The molecule has 0 bridgehead atoms. The first-order chi connectivity index (χ1) is 9.58. The number of benzene rings is 1. The van der Waals surface area contributed by atoms with E-state index >= 15 is 0 Å². The van der Waals surface area contributed by atoms with Crippen molar-refractivity contribution in [2.45, 2.75) is 44.0 Å². The van der Waals surface area contributed by atoms with E-state index in [2.05, 4.69) is 19.2 Å². The molecule has 1 aromatic rings. The molecule has 0 aromatic heterocycles. The lowest BCUT2D eigenvalue weighted by Crippen LogP contribution is -2.25. The Bertz CT molecular complexity index is 489. The second-order valence-electron chi connectivity index (χ2n) is 5.54. The van der Waals surface area contributed by atoms with Crippen molar-refractivity contribution >= 4 is 23.4 Å². The Balaban J connectivity index is 2.24. The van der Waals surface area contributed by atoms with Crippen molar-refractivity contribution in [3.05, 3.63) is 23.8 Å². The maximum Gasteiger partial charge on any atom is 0.338 e. The van der Waals surface area contributed by atoms with Crippen molar-refractivity contribution in [3.63, 3.8) is 0 Å². The number of carboxylic acids is 1. The van der Waals surface area contributed by atoms with Crippen LogP contribution in [-0.4, -0.2) is 23.4 Å². The van der Waals surface area contributed by atoms with E-state index in [1.807, 2.05) is 24.5 Å². The summed E-state index contributed by atoms with van der Waals surface area (Å²) < 4.78 is 0. The highest BCUT2D eigenvalue weighted by Gasteiger charge is 2.32. The van der Waals surface area contributed by atoms with Crippen LogP contribution in [0.5, 0.6) is 0 Å². The molecule has 1 aliphatic carbocycles. The zero-order valence-electron chi connectivity index (χ0n) is 12.3. The van der Waals surface area contributed by atoms with Gasteiger partial charge < -0.3 is 10.4 Å². The maximum absolute atomic E-state index is 11.5. The third-order valence-corrected chi connectivity index (χ3v) is 5.33. The molecule has 4 heteroatoms. The number of rotatable bonds is 5. The van der Waals surface area contributed by atoms with Crippen LogP contribution in [0.15, 0.2) is 23.1 Å². The molecule has 0 spiro atoms. The van der Waals surface area contributed by atoms with Crippen LogP contribution in [-0.2, 0) is 0 Å². The van der Waals surface area contributed by atoms with E-state index in [0.29, 0.717) is 17.5 Å². The van der Waals surface area contributed by atoms with Crippen molar-refractivity contribution in [1.29, 1.82) is 0 Å². The Hall–Kier alpha value is -1.16. The van der Waals surface area contributed by atoms with Gasteiger partial charge in [-0.25, -0.2) is 4.79 Å². The van der Waals surface area contributed by atoms with E-state index in [1.54, 1.807) is 0 Å². The number of hydrogen-bond acceptors (Lipinski definition) is 3. The zero-order valence-corrected chi connectivity index (χ0v) is 13.2. The molecule has 1 aliphatic rings. The summed E-state index contributed by atoms with van der Waals surface area (Å²) in [6.45, 7) is 4.51. The van der Waals surface area contributed by atoms with Crippen LogP contribution in [0.4, 0.5) is 5.69 Å². The molecule has 0 heterocycles. The quantitative estimate of drug-likeness (QED) is 0.793. The largest absolute Gasteiger partial charge is 0.478 e. The van der Waals surface area contributed by atoms with E-state index in [-0.39, 0.29) is 0 Å². The van der Waals surface area contributed by atoms with Crippen molar-refractivity contribution in [3.8, 4) is 0 Å². The van der Waals surface area contributed by atoms with Crippen molar-refractivity contribution in [1.82, 2.24) is 0 Å². The average Bonchev–Trinajstić information content (AvgIpc) is 2.79. The van der Waals surface area contributed by atoms with Gasteiger partial charge >= 0.3 is 5.97 Å². The number of carbonyl (C=O) groups is 1. The summed E-state index contributed by atoms with van der Waals surface area (Å²) in [6, 6.07) is 6.06. The van der Waals surface area contributed by atoms with E-state index in [4.69, 9.17) is 0 Å². The van der Waals surface area contributed by atoms with E-state index in [1.165, 1.54) is 24.6 Å². The lowest BCUT2D eigenvalue weighted by atomic mass is 9.93. The van der Waals surface area contributed by atoms with Crippen LogP contribution in [0.3, 0.4) is 0 Å². The summed E-state index contributed by atoms with van der Waals surface area (Å²) >= 11 is 1.48. The van der Waals surface area contributed by atoms with Gasteiger partial charge in [0.15, 0.2) is 0 Å². The first kappa shape index (κ1) is 15.2. The zero-order chi connectivity index (χ0) is 14.7. The molecular formula is C16H23NO2S. The first-order valence-electron chi connectivity index (χ1n) is 7.25. The molecule has 0 radical (unpaired) electrons. The summed E-state index contributed by atoms with van der Waals surface area (Å²) in [5.41, 5.74) is 1.17. The first-order valence-corrected chi connectivity index (χ1v) is 8.47. The van der Waals surface area contributed by atoms with Gasteiger partial charge in [0.2, 0.25) is 0 Å². The van der Waals surface area contributed by atoms with Gasteiger partial charge in [0.25, 0.3) is 0 Å². The van der Waals surface area contributed by atoms with Crippen molar-refractivity contribution in [2.24, 2.45) is 11.8 Å².